The summed E-state index contributed by atoms with van der Waals surface area (Å²) in [5, 5.41) is 6.70. The minimum absolute atomic E-state index is 1.13. The molecule has 0 rings (SSSR count). The first-order valence-corrected chi connectivity index (χ1v) is 2.51. The van der Waals surface area contributed by atoms with Gasteiger partial charge in [0.15, 0.2) is 0 Å². The lowest BCUT2D eigenvalue weighted by Gasteiger charge is -1.64. The van der Waals surface area contributed by atoms with Crippen molar-refractivity contribution in [1.82, 2.24) is 0 Å². The molecule has 0 amide bonds. The molecule has 34 valence electrons. The third kappa shape index (κ3) is 3.87. The van der Waals surface area contributed by atoms with Crippen molar-refractivity contribution in [2.75, 3.05) is 0 Å². The molecule has 0 radical (unpaired) electrons. The topological polar surface area (TPSA) is 50.7 Å². The molecule has 6 heavy (non-hydrogen) atoms. The second kappa shape index (κ2) is 4.87. The minimum atomic E-state index is 1.13. The summed E-state index contributed by atoms with van der Waals surface area (Å²) in [5.41, 5.74) is 4.81. The Morgan fingerprint density at radius 2 is 2.17 bits per heavy atom. The standard InChI is InChI=1S/C2H4IN3/c3-1-5-6-2-4/h1-2H,(H2,4,6)/b5-1-. The van der Waals surface area contributed by atoms with Gasteiger partial charge in [0.1, 0.15) is 6.34 Å². The molecule has 0 heterocycles. The van der Waals surface area contributed by atoms with E-state index in [4.69, 9.17) is 5.73 Å². The van der Waals surface area contributed by atoms with Crippen LogP contribution in [0.25, 0.3) is 0 Å². The van der Waals surface area contributed by atoms with Gasteiger partial charge in [-0.05, 0) is 22.6 Å². The van der Waals surface area contributed by atoms with Crippen LogP contribution in [-0.2, 0) is 0 Å². The van der Waals surface area contributed by atoms with Gasteiger partial charge in [0.05, 0.1) is 4.22 Å². The summed E-state index contributed by atoms with van der Waals surface area (Å²) in [6, 6.07) is 0. The van der Waals surface area contributed by atoms with Gasteiger partial charge in [0.25, 0.3) is 0 Å². The van der Waals surface area contributed by atoms with E-state index in [0.717, 1.165) is 6.34 Å². The molecule has 0 unspecified atom stereocenters. The molecule has 0 aromatic rings. The van der Waals surface area contributed by atoms with Crippen LogP contribution in [0, 0.1) is 0 Å². The SMILES string of the molecule is NC=N/N=C\I. The van der Waals surface area contributed by atoms with Crippen LogP contribution < -0.4 is 5.73 Å². The molecule has 3 nitrogen and oxygen atoms in total. The van der Waals surface area contributed by atoms with Gasteiger partial charge in [-0.25, -0.2) is 0 Å². The Morgan fingerprint density at radius 1 is 1.50 bits per heavy atom. The first-order chi connectivity index (χ1) is 2.91. The van der Waals surface area contributed by atoms with Crippen molar-refractivity contribution >= 4 is 33.2 Å². The van der Waals surface area contributed by atoms with Crippen LogP contribution in [0.2, 0.25) is 0 Å². The first-order valence-electron chi connectivity index (χ1n) is 1.27. The lowest BCUT2D eigenvalue weighted by atomic mass is 11.4. The van der Waals surface area contributed by atoms with Crippen molar-refractivity contribution in [1.29, 1.82) is 0 Å². The molecule has 2 N–H and O–H groups in total. The Balaban J connectivity index is 3.07. The fourth-order valence-corrected chi connectivity index (χ4v) is 0.208. The van der Waals surface area contributed by atoms with E-state index in [1.807, 2.05) is 22.6 Å². The van der Waals surface area contributed by atoms with Crippen LogP contribution in [0.3, 0.4) is 0 Å². The monoisotopic (exact) mass is 197 g/mol. The zero-order chi connectivity index (χ0) is 4.83. The molecule has 0 aliphatic carbocycles. The number of nitrogens with two attached hydrogens (primary N) is 1. The van der Waals surface area contributed by atoms with Crippen molar-refractivity contribution in [2.24, 2.45) is 15.9 Å². The van der Waals surface area contributed by atoms with Gasteiger partial charge in [0, 0.05) is 0 Å². The van der Waals surface area contributed by atoms with Gasteiger partial charge in [0.2, 0.25) is 0 Å². The fraction of sp³-hybridized carbons (Fsp3) is 0. The average Bonchev–Trinajstić information content (AvgIpc) is 1.61. The lowest BCUT2D eigenvalue weighted by molar-refractivity contribution is 1.27. The van der Waals surface area contributed by atoms with Crippen molar-refractivity contribution < 1.29 is 0 Å². The summed E-state index contributed by atoms with van der Waals surface area (Å²) in [4.78, 5) is 0. The highest BCUT2D eigenvalue weighted by molar-refractivity contribution is 14.1. The number of hydrogen-bond donors (Lipinski definition) is 1. The van der Waals surface area contributed by atoms with E-state index < -0.39 is 0 Å². The lowest BCUT2D eigenvalue weighted by Crippen LogP contribution is -1.84. The Morgan fingerprint density at radius 3 is 2.33 bits per heavy atom. The second-order valence-electron chi connectivity index (χ2n) is 0.478. The fourth-order valence-electron chi connectivity index (χ4n) is 0.0637. The highest BCUT2D eigenvalue weighted by atomic mass is 127. The summed E-state index contributed by atoms with van der Waals surface area (Å²) < 4.78 is 1.53. The molecule has 0 atom stereocenters. The average molecular weight is 197 g/mol. The summed E-state index contributed by atoms with van der Waals surface area (Å²) in [6.07, 6.45) is 1.13. The van der Waals surface area contributed by atoms with Gasteiger partial charge in [-0.3, -0.25) is 0 Å². The van der Waals surface area contributed by atoms with Crippen molar-refractivity contribution in [2.45, 2.75) is 0 Å². The van der Waals surface area contributed by atoms with E-state index in [1.165, 1.54) is 4.22 Å². The summed E-state index contributed by atoms with van der Waals surface area (Å²) >= 11 is 1.95. The van der Waals surface area contributed by atoms with Crippen LogP contribution in [0.5, 0.6) is 0 Å². The molecule has 0 aromatic carbocycles. The van der Waals surface area contributed by atoms with Gasteiger partial charge >= 0.3 is 0 Å². The number of hydrogen-bond acceptors (Lipinski definition) is 2. The molecule has 0 aromatic heterocycles. The number of nitrogens with zero attached hydrogens (tertiary/aromatic N) is 2. The van der Waals surface area contributed by atoms with Gasteiger partial charge < -0.3 is 5.73 Å². The Hall–Kier alpha value is -0.130. The molecular formula is C2H4IN3. The predicted molar refractivity (Wildman–Crippen MR) is 35.2 cm³/mol. The second-order valence-corrected chi connectivity index (χ2v) is 1.03. The van der Waals surface area contributed by atoms with E-state index in [2.05, 4.69) is 10.2 Å². The van der Waals surface area contributed by atoms with E-state index in [-0.39, 0.29) is 0 Å². The zero-order valence-corrected chi connectivity index (χ0v) is 5.16. The number of halogens is 1. The van der Waals surface area contributed by atoms with Crippen molar-refractivity contribution in [3.05, 3.63) is 0 Å². The van der Waals surface area contributed by atoms with E-state index >= 15 is 0 Å². The maximum Gasteiger partial charge on any atom is 0.108 e. The normalized spacial score (nSPS) is 11.5. The van der Waals surface area contributed by atoms with E-state index in [0.29, 0.717) is 0 Å². The highest BCUT2D eigenvalue weighted by Gasteiger charge is 1.49. The van der Waals surface area contributed by atoms with Gasteiger partial charge in [-0.2, -0.15) is 5.10 Å². The summed E-state index contributed by atoms with van der Waals surface area (Å²) in [7, 11) is 0. The molecule has 0 bridgehead atoms. The van der Waals surface area contributed by atoms with Crippen LogP contribution in [0.4, 0.5) is 0 Å². The third-order valence-electron chi connectivity index (χ3n) is 0.177. The van der Waals surface area contributed by atoms with E-state index in [9.17, 15) is 0 Å². The van der Waals surface area contributed by atoms with Crippen LogP contribution in [-0.4, -0.2) is 10.6 Å². The molecule has 0 spiro atoms. The minimum Gasteiger partial charge on any atom is -0.388 e. The highest BCUT2D eigenvalue weighted by Crippen LogP contribution is 1.70. The predicted octanol–water partition coefficient (Wildman–Crippen LogP) is 0.352. The molecule has 0 fully saturated rings. The Bertz CT molecular complexity index is 57.2. The maximum absolute atomic E-state index is 4.81. The van der Waals surface area contributed by atoms with Gasteiger partial charge in [-0.1, -0.05) is 0 Å². The third-order valence-corrected chi connectivity index (χ3v) is 0.426. The van der Waals surface area contributed by atoms with Gasteiger partial charge in [-0.15, -0.1) is 5.10 Å². The van der Waals surface area contributed by atoms with Crippen LogP contribution in [0.1, 0.15) is 0 Å². The summed E-state index contributed by atoms with van der Waals surface area (Å²) in [5.74, 6) is 0. The number of rotatable bonds is 1. The quantitative estimate of drug-likeness (QED) is 0.280. The molecule has 0 aliphatic heterocycles. The first kappa shape index (κ1) is 5.87. The zero-order valence-electron chi connectivity index (χ0n) is 3.00. The molecule has 4 heteroatoms. The molecule has 0 aliphatic rings. The molecular weight excluding hydrogens is 193 g/mol. The Labute approximate surface area is 49.5 Å². The van der Waals surface area contributed by atoms with Crippen molar-refractivity contribution in [3.8, 4) is 0 Å². The van der Waals surface area contributed by atoms with Crippen LogP contribution in [0.15, 0.2) is 10.2 Å². The smallest absolute Gasteiger partial charge is 0.108 e. The molecule has 0 saturated carbocycles. The molecule has 0 saturated heterocycles. The van der Waals surface area contributed by atoms with E-state index in [1.54, 1.807) is 0 Å². The largest absolute Gasteiger partial charge is 0.388 e. The van der Waals surface area contributed by atoms with Crippen molar-refractivity contribution in [3.63, 3.8) is 0 Å². The Kier molecular flexibility index (Phi) is 4.76. The maximum atomic E-state index is 4.81. The summed E-state index contributed by atoms with van der Waals surface area (Å²) in [6.45, 7) is 0. The van der Waals surface area contributed by atoms with Crippen LogP contribution >= 0.6 is 22.6 Å².